The number of carbonyl (C=O) groups excluding carboxylic acids is 2. The number of amides is 1. The molecule has 1 unspecified atom stereocenters. The molecule has 1 aliphatic heterocycles. The molecular weight excluding hydrogens is 323 g/mol. The molecule has 2 rings (SSSR count). The Balaban J connectivity index is 2.66. The van der Waals surface area contributed by atoms with E-state index in [1.807, 2.05) is 0 Å². The summed E-state index contributed by atoms with van der Waals surface area (Å²) >= 11 is 0. The van der Waals surface area contributed by atoms with Crippen LogP contribution in [0.3, 0.4) is 0 Å². The van der Waals surface area contributed by atoms with Crippen molar-refractivity contribution in [1.29, 1.82) is 0 Å². The molecule has 1 amide bonds. The van der Waals surface area contributed by atoms with Crippen LogP contribution in [0.2, 0.25) is 0 Å². The van der Waals surface area contributed by atoms with Crippen LogP contribution in [0.25, 0.3) is 0 Å². The van der Waals surface area contributed by atoms with Gasteiger partial charge in [0.2, 0.25) is 5.91 Å². The Morgan fingerprint density at radius 1 is 1.29 bits per heavy atom. The van der Waals surface area contributed by atoms with Gasteiger partial charge in [0.15, 0.2) is 12.5 Å². The highest BCUT2D eigenvalue weighted by Gasteiger charge is 2.49. The van der Waals surface area contributed by atoms with Crippen molar-refractivity contribution in [3.63, 3.8) is 0 Å². The second kappa shape index (κ2) is 6.11. The zero-order valence-electron chi connectivity index (χ0n) is 14.0. The maximum atomic E-state index is 13.5. The molecule has 1 heterocycles. The van der Waals surface area contributed by atoms with Crippen molar-refractivity contribution < 1.29 is 27.5 Å². The predicted molar refractivity (Wildman–Crippen MR) is 82.1 cm³/mol. The molecule has 1 atom stereocenters. The second-order valence-corrected chi connectivity index (χ2v) is 6.42. The molecular formula is C17H20F3NO3. The summed E-state index contributed by atoms with van der Waals surface area (Å²) in [7, 11) is 0. The predicted octanol–water partition coefficient (Wildman–Crippen LogP) is 3.06. The third-order valence-corrected chi connectivity index (χ3v) is 4.14. The number of alkyl halides is 3. The summed E-state index contributed by atoms with van der Waals surface area (Å²) in [5.74, 6) is -2.55. The summed E-state index contributed by atoms with van der Waals surface area (Å²) in [5.41, 5.74) is -0.160. The number of rotatable bonds is 5. The van der Waals surface area contributed by atoms with Gasteiger partial charge in [0, 0.05) is 5.56 Å². The van der Waals surface area contributed by atoms with Gasteiger partial charge in [-0.05, 0) is 38.3 Å². The van der Waals surface area contributed by atoms with Gasteiger partial charge in [-0.25, -0.2) is 4.39 Å². The molecule has 0 bridgehead atoms. The smallest absolute Gasteiger partial charge is 0.427 e. The molecule has 0 saturated carbocycles. The lowest BCUT2D eigenvalue weighted by molar-refractivity contribution is -0.187. The van der Waals surface area contributed by atoms with Crippen molar-refractivity contribution in [3.05, 3.63) is 28.8 Å². The Kier molecular flexibility index (Phi) is 4.65. The maximum absolute atomic E-state index is 13.5. The highest BCUT2D eigenvalue weighted by atomic mass is 19.3. The van der Waals surface area contributed by atoms with Gasteiger partial charge in [0.1, 0.15) is 11.7 Å². The van der Waals surface area contributed by atoms with E-state index in [-0.39, 0.29) is 11.3 Å². The van der Waals surface area contributed by atoms with Crippen molar-refractivity contribution in [3.8, 4) is 5.75 Å². The molecule has 1 saturated heterocycles. The number of hydrogen-bond donors (Lipinski definition) is 1. The van der Waals surface area contributed by atoms with E-state index in [4.69, 9.17) is 0 Å². The van der Waals surface area contributed by atoms with Crippen molar-refractivity contribution in [2.45, 2.75) is 51.7 Å². The quantitative estimate of drug-likeness (QED) is 0.836. The number of halogens is 3. The summed E-state index contributed by atoms with van der Waals surface area (Å²) in [6.45, 7) is 4.37. The van der Waals surface area contributed by atoms with Crippen LogP contribution in [0.4, 0.5) is 13.2 Å². The van der Waals surface area contributed by atoms with Crippen LogP contribution >= 0.6 is 0 Å². The van der Waals surface area contributed by atoms with Gasteiger partial charge in [-0.2, -0.15) is 8.78 Å². The molecule has 1 aliphatic rings. The van der Waals surface area contributed by atoms with E-state index in [1.54, 1.807) is 32.9 Å². The lowest BCUT2D eigenvalue weighted by Gasteiger charge is -2.23. The molecule has 1 fully saturated rings. The summed E-state index contributed by atoms with van der Waals surface area (Å²) < 4.78 is 44.1. The summed E-state index contributed by atoms with van der Waals surface area (Å²) in [6.07, 6.45) is -3.62. The Morgan fingerprint density at radius 3 is 2.38 bits per heavy atom. The van der Waals surface area contributed by atoms with Crippen LogP contribution in [-0.2, 0) is 16.0 Å². The summed E-state index contributed by atoms with van der Waals surface area (Å²) in [6, 6.07) is 3.21. The molecule has 24 heavy (non-hydrogen) atoms. The van der Waals surface area contributed by atoms with Crippen LogP contribution < -0.4 is 10.1 Å². The van der Waals surface area contributed by atoms with Gasteiger partial charge in [-0.1, -0.05) is 19.1 Å². The molecule has 4 nitrogen and oxygen atoms in total. The molecule has 7 heteroatoms. The Hall–Kier alpha value is -2.05. The van der Waals surface area contributed by atoms with Crippen LogP contribution in [0.1, 0.15) is 43.4 Å². The topological polar surface area (TPSA) is 55.4 Å². The van der Waals surface area contributed by atoms with E-state index in [0.29, 0.717) is 17.5 Å². The van der Waals surface area contributed by atoms with Crippen LogP contribution in [0.15, 0.2) is 12.1 Å². The first-order valence-corrected chi connectivity index (χ1v) is 7.65. The van der Waals surface area contributed by atoms with Crippen LogP contribution in [0, 0.1) is 6.92 Å². The standard InChI is InChI=1S/C17H20F3NO3/c1-5-10-7-6-9(2)13(24-17(19,20)8-18)11(10)12-14(22)16(3,4)21-15(12)23/h6-7,12H,5,8H2,1-4H3,(H,21,23). The van der Waals surface area contributed by atoms with Crippen molar-refractivity contribution >= 4 is 11.7 Å². The fraction of sp³-hybridized carbons (Fsp3) is 0.529. The average Bonchev–Trinajstić information content (AvgIpc) is 2.69. The maximum Gasteiger partial charge on any atom is 0.427 e. The Morgan fingerprint density at radius 2 is 1.92 bits per heavy atom. The summed E-state index contributed by atoms with van der Waals surface area (Å²) in [5, 5.41) is 2.56. The van der Waals surface area contributed by atoms with E-state index in [0.717, 1.165) is 0 Å². The zero-order chi connectivity index (χ0) is 18.3. The van der Waals surface area contributed by atoms with Crippen LogP contribution in [0.5, 0.6) is 5.75 Å². The van der Waals surface area contributed by atoms with Crippen LogP contribution in [-0.4, -0.2) is 30.0 Å². The van der Waals surface area contributed by atoms with Gasteiger partial charge < -0.3 is 10.1 Å². The highest BCUT2D eigenvalue weighted by molar-refractivity contribution is 6.17. The minimum Gasteiger partial charge on any atom is -0.430 e. The molecule has 0 spiro atoms. The summed E-state index contributed by atoms with van der Waals surface area (Å²) in [4.78, 5) is 24.9. The van der Waals surface area contributed by atoms with Gasteiger partial charge in [-0.15, -0.1) is 0 Å². The van der Waals surface area contributed by atoms with Crippen molar-refractivity contribution in [2.24, 2.45) is 0 Å². The molecule has 132 valence electrons. The molecule has 0 aromatic heterocycles. The lowest BCUT2D eigenvalue weighted by atomic mass is 9.84. The molecule has 1 aromatic rings. The first-order chi connectivity index (χ1) is 11.0. The van der Waals surface area contributed by atoms with Gasteiger partial charge in [0.05, 0.1) is 5.54 Å². The minimum atomic E-state index is -4.03. The first kappa shape index (κ1) is 18.3. The van der Waals surface area contributed by atoms with E-state index < -0.39 is 35.9 Å². The van der Waals surface area contributed by atoms with E-state index in [1.165, 1.54) is 6.92 Å². The number of aryl methyl sites for hydroxylation is 2. The number of benzene rings is 1. The third-order valence-electron chi connectivity index (χ3n) is 4.14. The van der Waals surface area contributed by atoms with Gasteiger partial charge in [-0.3, -0.25) is 9.59 Å². The van der Waals surface area contributed by atoms with E-state index in [2.05, 4.69) is 10.1 Å². The van der Waals surface area contributed by atoms with Gasteiger partial charge in [0.25, 0.3) is 0 Å². The molecule has 1 N–H and O–H groups in total. The van der Waals surface area contributed by atoms with E-state index in [9.17, 15) is 22.8 Å². The number of carbonyl (C=O) groups is 2. The Bertz CT molecular complexity index is 686. The number of ketones is 1. The molecule has 0 radical (unpaired) electrons. The largest absolute Gasteiger partial charge is 0.430 e. The average molecular weight is 343 g/mol. The zero-order valence-corrected chi connectivity index (χ0v) is 14.0. The number of hydrogen-bond acceptors (Lipinski definition) is 3. The normalized spacial score (nSPS) is 20.2. The Labute approximate surface area is 138 Å². The number of ether oxygens (including phenoxy) is 1. The molecule has 1 aromatic carbocycles. The highest BCUT2D eigenvalue weighted by Crippen LogP contribution is 2.41. The van der Waals surface area contributed by atoms with E-state index >= 15 is 0 Å². The third kappa shape index (κ3) is 3.12. The minimum absolute atomic E-state index is 0.0960. The monoisotopic (exact) mass is 343 g/mol. The second-order valence-electron chi connectivity index (χ2n) is 6.42. The van der Waals surface area contributed by atoms with Crippen molar-refractivity contribution in [1.82, 2.24) is 5.32 Å². The first-order valence-electron chi connectivity index (χ1n) is 7.65. The van der Waals surface area contributed by atoms with Gasteiger partial charge >= 0.3 is 6.11 Å². The van der Waals surface area contributed by atoms with Crippen molar-refractivity contribution in [2.75, 3.05) is 6.67 Å². The molecule has 0 aliphatic carbocycles. The SMILES string of the molecule is CCc1ccc(C)c(OC(F)(F)CF)c1C1C(=O)NC(C)(C)C1=O. The number of Topliss-reactive ketones (excluding diaryl/α,β-unsaturated/α-hetero) is 1. The lowest BCUT2D eigenvalue weighted by Crippen LogP contribution is -2.39. The fourth-order valence-corrected chi connectivity index (χ4v) is 2.87. The number of nitrogens with one attached hydrogen (secondary N) is 1. The fourth-order valence-electron chi connectivity index (χ4n) is 2.87.